The Balaban J connectivity index is 2.23. The second-order valence-electron chi connectivity index (χ2n) is 4.34. The zero-order chi connectivity index (χ0) is 14.5. The van der Waals surface area contributed by atoms with Gasteiger partial charge in [0.25, 0.3) is 5.91 Å². The van der Waals surface area contributed by atoms with Crippen molar-refractivity contribution >= 4 is 17.3 Å². The van der Waals surface area contributed by atoms with E-state index in [-0.39, 0.29) is 5.91 Å². The number of carbonyl (C=O) groups excluding carboxylic acids is 1. The summed E-state index contributed by atoms with van der Waals surface area (Å²) in [6, 6.07) is 14.1. The molecule has 0 aliphatic heterocycles. The van der Waals surface area contributed by atoms with Crippen LogP contribution in [0.5, 0.6) is 0 Å². The van der Waals surface area contributed by atoms with Crippen molar-refractivity contribution < 1.29 is 4.79 Å². The SMILES string of the molecule is Cc1ccc(NN)c(C(=O)Nc2ccc(C#N)cc2)c1. The molecule has 1 amide bonds. The molecule has 0 saturated carbocycles. The highest BCUT2D eigenvalue weighted by molar-refractivity contribution is 6.08. The molecule has 0 aliphatic carbocycles. The van der Waals surface area contributed by atoms with Crippen molar-refractivity contribution in [1.29, 1.82) is 5.26 Å². The number of aryl methyl sites for hydroxylation is 1. The summed E-state index contributed by atoms with van der Waals surface area (Å²) in [7, 11) is 0. The Hall–Kier alpha value is -2.84. The minimum absolute atomic E-state index is 0.258. The van der Waals surface area contributed by atoms with Crippen LogP contribution in [0.25, 0.3) is 0 Å². The van der Waals surface area contributed by atoms with Crippen LogP contribution in [-0.2, 0) is 0 Å². The number of benzene rings is 2. The fourth-order valence-corrected chi connectivity index (χ4v) is 1.80. The lowest BCUT2D eigenvalue weighted by Crippen LogP contribution is -2.17. The molecule has 5 nitrogen and oxygen atoms in total. The van der Waals surface area contributed by atoms with Crippen molar-refractivity contribution in [2.24, 2.45) is 5.84 Å². The monoisotopic (exact) mass is 266 g/mol. The number of nitrogens with zero attached hydrogens (tertiary/aromatic N) is 1. The quantitative estimate of drug-likeness (QED) is 0.587. The van der Waals surface area contributed by atoms with E-state index in [2.05, 4.69) is 10.7 Å². The third-order valence-electron chi connectivity index (χ3n) is 2.85. The van der Waals surface area contributed by atoms with E-state index in [1.807, 2.05) is 19.1 Å². The van der Waals surface area contributed by atoms with E-state index in [1.165, 1.54) is 0 Å². The van der Waals surface area contributed by atoms with E-state index in [0.717, 1.165) is 5.56 Å². The number of hydrazine groups is 1. The first-order chi connectivity index (χ1) is 9.63. The summed E-state index contributed by atoms with van der Waals surface area (Å²) < 4.78 is 0. The number of nitrogens with one attached hydrogen (secondary N) is 2. The molecule has 0 aliphatic rings. The number of anilines is 2. The van der Waals surface area contributed by atoms with Gasteiger partial charge in [-0.3, -0.25) is 10.6 Å². The molecule has 0 aromatic heterocycles. The van der Waals surface area contributed by atoms with Gasteiger partial charge in [0.05, 0.1) is 22.9 Å². The molecule has 0 heterocycles. The smallest absolute Gasteiger partial charge is 0.257 e. The molecule has 2 aromatic carbocycles. The molecule has 20 heavy (non-hydrogen) atoms. The molecule has 5 heteroatoms. The van der Waals surface area contributed by atoms with Gasteiger partial charge >= 0.3 is 0 Å². The van der Waals surface area contributed by atoms with E-state index in [1.54, 1.807) is 36.4 Å². The van der Waals surface area contributed by atoms with Gasteiger partial charge in [0, 0.05) is 5.69 Å². The minimum Gasteiger partial charge on any atom is -0.323 e. The van der Waals surface area contributed by atoms with Crippen molar-refractivity contribution in [3.63, 3.8) is 0 Å². The molecule has 0 saturated heterocycles. The van der Waals surface area contributed by atoms with Crippen LogP contribution in [0.1, 0.15) is 21.5 Å². The summed E-state index contributed by atoms with van der Waals surface area (Å²) in [4.78, 5) is 12.2. The first-order valence-electron chi connectivity index (χ1n) is 6.03. The van der Waals surface area contributed by atoms with Gasteiger partial charge in [0.1, 0.15) is 0 Å². The predicted molar refractivity (Wildman–Crippen MR) is 78.1 cm³/mol. The Morgan fingerprint density at radius 2 is 1.90 bits per heavy atom. The molecule has 2 aromatic rings. The normalized spacial score (nSPS) is 9.65. The van der Waals surface area contributed by atoms with Crippen LogP contribution < -0.4 is 16.6 Å². The Bertz CT molecular complexity index is 671. The highest BCUT2D eigenvalue weighted by Gasteiger charge is 2.11. The molecule has 0 atom stereocenters. The fraction of sp³-hybridized carbons (Fsp3) is 0.0667. The van der Waals surface area contributed by atoms with Crippen molar-refractivity contribution in [3.05, 3.63) is 59.2 Å². The molecular weight excluding hydrogens is 252 g/mol. The number of hydrogen-bond acceptors (Lipinski definition) is 4. The summed E-state index contributed by atoms with van der Waals surface area (Å²) in [6.07, 6.45) is 0. The van der Waals surface area contributed by atoms with E-state index in [4.69, 9.17) is 11.1 Å². The summed E-state index contributed by atoms with van der Waals surface area (Å²) in [6.45, 7) is 1.90. The molecule has 0 unspecified atom stereocenters. The van der Waals surface area contributed by atoms with Crippen LogP contribution in [0.2, 0.25) is 0 Å². The Morgan fingerprint density at radius 3 is 2.50 bits per heavy atom. The molecule has 0 radical (unpaired) electrons. The van der Waals surface area contributed by atoms with E-state index < -0.39 is 0 Å². The number of nitrogen functional groups attached to an aromatic ring is 1. The maximum Gasteiger partial charge on any atom is 0.257 e. The molecule has 0 spiro atoms. The zero-order valence-electron chi connectivity index (χ0n) is 11.0. The first kappa shape index (κ1) is 13.6. The highest BCUT2D eigenvalue weighted by Crippen LogP contribution is 2.18. The fourth-order valence-electron chi connectivity index (χ4n) is 1.80. The van der Waals surface area contributed by atoms with Crippen LogP contribution in [-0.4, -0.2) is 5.91 Å². The Labute approximate surface area is 117 Å². The first-order valence-corrected chi connectivity index (χ1v) is 6.03. The molecular formula is C15H14N4O. The van der Waals surface area contributed by atoms with Crippen molar-refractivity contribution in [3.8, 4) is 6.07 Å². The average molecular weight is 266 g/mol. The number of amides is 1. The van der Waals surface area contributed by atoms with Gasteiger partial charge in [0.15, 0.2) is 0 Å². The number of rotatable bonds is 3. The van der Waals surface area contributed by atoms with Gasteiger partial charge in [-0.2, -0.15) is 5.26 Å². The lowest BCUT2D eigenvalue weighted by atomic mass is 10.1. The van der Waals surface area contributed by atoms with Crippen molar-refractivity contribution in [2.75, 3.05) is 10.7 Å². The zero-order valence-corrected chi connectivity index (χ0v) is 11.0. The van der Waals surface area contributed by atoms with Gasteiger partial charge in [-0.15, -0.1) is 0 Å². The number of hydrogen-bond donors (Lipinski definition) is 3. The van der Waals surface area contributed by atoms with Crippen LogP contribution in [0.15, 0.2) is 42.5 Å². The molecule has 2 rings (SSSR count). The third-order valence-corrected chi connectivity index (χ3v) is 2.85. The van der Waals surface area contributed by atoms with Gasteiger partial charge in [0.2, 0.25) is 0 Å². The van der Waals surface area contributed by atoms with Gasteiger partial charge < -0.3 is 10.7 Å². The Kier molecular flexibility index (Phi) is 3.99. The standard InChI is InChI=1S/C15H14N4O/c1-10-2-7-14(19-17)13(8-10)15(20)18-12-5-3-11(9-16)4-6-12/h2-8,19H,17H2,1H3,(H,18,20). The van der Waals surface area contributed by atoms with Gasteiger partial charge in [-0.05, 0) is 43.3 Å². The van der Waals surface area contributed by atoms with Crippen LogP contribution in [0, 0.1) is 18.3 Å². The van der Waals surface area contributed by atoms with Gasteiger partial charge in [-0.1, -0.05) is 11.6 Å². The maximum absolute atomic E-state index is 12.2. The topological polar surface area (TPSA) is 90.9 Å². The summed E-state index contributed by atoms with van der Waals surface area (Å²) in [5.41, 5.74) is 5.66. The molecule has 0 fully saturated rings. The van der Waals surface area contributed by atoms with Crippen LogP contribution >= 0.6 is 0 Å². The molecule has 4 N–H and O–H groups in total. The number of nitriles is 1. The summed E-state index contributed by atoms with van der Waals surface area (Å²) >= 11 is 0. The van der Waals surface area contributed by atoms with E-state index >= 15 is 0 Å². The van der Waals surface area contributed by atoms with Crippen LogP contribution in [0.3, 0.4) is 0 Å². The summed E-state index contributed by atoms with van der Waals surface area (Å²) in [5.74, 6) is 5.15. The van der Waals surface area contributed by atoms with Crippen molar-refractivity contribution in [2.45, 2.75) is 6.92 Å². The second kappa shape index (κ2) is 5.87. The largest absolute Gasteiger partial charge is 0.323 e. The highest BCUT2D eigenvalue weighted by atomic mass is 16.1. The lowest BCUT2D eigenvalue weighted by molar-refractivity contribution is 0.102. The van der Waals surface area contributed by atoms with E-state index in [0.29, 0.717) is 22.5 Å². The van der Waals surface area contributed by atoms with Crippen LogP contribution in [0.4, 0.5) is 11.4 Å². The molecule has 0 bridgehead atoms. The number of carbonyl (C=O) groups is 1. The predicted octanol–water partition coefficient (Wildman–Crippen LogP) is 2.40. The lowest BCUT2D eigenvalue weighted by Gasteiger charge is -2.10. The summed E-state index contributed by atoms with van der Waals surface area (Å²) in [5, 5.41) is 11.5. The maximum atomic E-state index is 12.2. The third kappa shape index (κ3) is 2.94. The van der Waals surface area contributed by atoms with E-state index in [9.17, 15) is 4.79 Å². The van der Waals surface area contributed by atoms with Crippen molar-refractivity contribution in [1.82, 2.24) is 0 Å². The second-order valence-corrected chi connectivity index (χ2v) is 4.34. The average Bonchev–Trinajstić information content (AvgIpc) is 2.48. The minimum atomic E-state index is -0.258. The Morgan fingerprint density at radius 1 is 1.20 bits per heavy atom. The molecule has 100 valence electrons. The van der Waals surface area contributed by atoms with Gasteiger partial charge in [-0.25, -0.2) is 0 Å². The number of nitrogens with two attached hydrogens (primary N) is 1.